The molecule has 1 aliphatic heterocycles. The second kappa shape index (κ2) is 7.50. The Hall–Kier alpha value is -1.49. The predicted molar refractivity (Wildman–Crippen MR) is 78.0 cm³/mol. The van der Waals surface area contributed by atoms with Crippen LogP contribution in [0.5, 0.6) is 0 Å². The lowest BCUT2D eigenvalue weighted by molar-refractivity contribution is -0.133. The van der Waals surface area contributed by atoms with Crippen molar-refractivity contribution in [2.24, 2.45) is 0 Å². The number of rotatable bonds is 5. The molecule has 2 rings (SSSR count). The van der Waals surface area contributed by atoms with Gasteiger partial charge in [0.05, 0.1) is 6.42 Å². The Labute approximate surface area is 124 Å². The van der Waals surface area contributed by atoms with E-state index in [-0.39, 0.29) is 23.9 Å². The van der Waals surface area contributed by atoms with Crippen LogP contribution < -0.4 is 5.32 Å². The Balaban J connectivity index is 2.11. The van der Waals surface area contributed by atoms with Crippen LogP contribution in [0.3, 0.4) is 0 Å². The van der Waals surface area contributed by atoms with Crippen LogP contribution in [0.4, 0.5) is 8.78 Å². The molecular weight excluding hydrogens is 274 g/mol. The van der Waals surface area contributed by atoms with Crippen molar-refractivity contribution in [3.63, 3.8) is 0 Å². The Kier molecular flexibility index (Phi) is 5.67. The fraction of sp³-hybridized carbons (Fsp3) is 0.562. The maximum absolute atomic E-state index is 13.7. The predicted octanol–water partition coefficient (Wildman–Crippen LogP) is 2.50. The van der Waals surface area contributed by atoms with Gasteiger partial charge in [-0.25, -0.2) is 8.78 Å². The minimum absolute atomic E-state index is 0.126. The molecule has 1 atom stereocenters. The molecule has 1 amide bonds. The molecule has 3 nitrogen and oxygen atoms in total. The number of amides is 1. The van der Waals surface area contributed by atoms with E-state index in [9.17, 15) is 13.6 Å². The highest BCUT2D eigenvalue weighted by molar-refractivity contribution is 5.79. The zero-order chi connectivity index (χ0) is 15.2. The largest absolute Gasteiger partial charge is 0.338 e. The maximum atomic E-state index is 13.7. The van der Waals surface area contributed by atoms with Gasteiger partial charge in [0.2, 0.25) is 5.91 Å². The molecule has 1 aromatic carbocycles. The van der Waals surface area contributed by atoms with Crippen LogP contribution in [0, 0.1) is 11.6 Å². The van der Waals surface area contributed by atoms with Crippen molar-refractivity contribution in [1.29, 1.82) is 0 Å². The van der Waals surface area contributed by atoms with Gasteiger partial charge in [-0.2, -0.15) is 0 Å². The van der Waals surface area contributed by atoms with Crippen LogP contribution in [0.15, 0.2) is 18.2 Å². The Morgan fingerprint density at radius 2 is 2.10 bits per heavy atom. The number of piperidine rings is 1. The van der Waals surface area contributed by atoms with E-state index >= 15 is 0 Å². The molecule has 0 radical (unpaired) electrons. The van der Waals surface area contributed by atoms with Crippen LogP contribution in [-0.2, 0) is 11.2 Å². The number of nitrogens with one attached hydrogen (secondary N) is 1. The van der Waals surface area contributed by atoms with Crippen molar-refractivity contribution in [1.82, 2.24) is 10.2 Å². The number of carbonyl (C=O) groups is 1. The first kappa shape index (κ1) is 15.9. The first-order chi connectivity index (χ1) is 10.1. The van der Waals surface area contributed by atoms with Gasteiger partial charge < -0.3 is 10.2 Å². The molecule has 1 aromatic rings. The molecule has 1 heterocycles. The van der Waals surface area contributed by atoms with Gasteiger partial charge in [-0.3, -0.25) is 4.79 Å². The SMILES string of the molecule is CCCN(C(=O)Cc1c(F)cccc1F)C1CCCNC1. The summed E-state index contributed by atoms with van der Waals surface area (Å²) in [6.45, 7) is 4.35. The number of nitrogens with zero attached hydrogens (tertiary/aromatic N) is 1. The van der Waals surface area contributed by atoms with Crippen molar-refractivity contribution in [3.05, 3.63) is 35.4 Å². The van der Waals surface area contributed by atoms with Gasteiger partial charge in [-0.15, -0.1) is 0 Å². The van der Waals surface area contributed by atoms with E-state index in [1.807, 2.05) is 6.92 Å². The van der Waals surface area contributed by atoms with Gasteiger partial charge in [0.15, 0.2) is 0 Å². The minimum Gasteiger partial charge on any atom is -0.338 e. The quantitative estimate of drug-likeness (QED) is 0.905. The average molecular weight is 296 g/mol. The summed E-state index contributed by atoms with van der Waals surface area (Å²) in [6.07, 6.45) is 2.59. The van der Waals surface area contributed by atoms with Gasteiger partial charge >= 0.3 is 0 Å². The summed E-state index contributed by atoms with van der Waals surface area (Å²) in [6, 6.07) is 3.82. The monoisotopic (exact) mass is 296 g/mol. The second-order valence-electron chi connectivity index (χ2n) is 5.46. The van der Waals surface area contributed by atoms with Crippen LogP contribution >= 0.6 is 0 Å². The van der Waals surface area contributed by atoms with Gasteiger partial charge in [0.25, 0.3) is 0 Å². The fourth-order valence-electron chi connectivity index (χ4n) is 2.81. The van der Waals surface area contributed by atoms with Crippen LogP contribution in [0.25, 0.3) is 0 Å². The molecule has 1 saturated heterocycles. The van der Waals surface area contributed by atoms with Gasteiger partial charge in [0, 0.05) is 24.7 Å². The molecule has 1 aliphatic rings. The molecular formula is C16H22F2N2O. The normalized spacial score (nSPS) is 18.5. The van der Waals surface area contributed by atoms with E-state index in [1.165, 1.54) is 18.2 Å². The molecule has 0 bridgehead atoms. The summed E-state index contributed by atoms with van der Waals surface area (Å²) in [5.74, 6) is -1.50. The Morgan fingerprint density at radius 3 is 2.67 bits per heavy atom. The van der Waals surface area contributed by atoms with Crippen molar-refractivity contribution < 1.29 is 13.6 Å². The second-order valence-corrected chi connectivity index (χ2v) is 5.46. The highest BCUT2D eigenvalue weighted by Gasteiger charge is 2.26. The summed E-state index contributed by atoms with van der Waals surface area (Å²) in [5, 5.41) is 3.27. The van der Waals surface area contributed by atoms with Gasteiger partial charge in [-0.05, 0) is 37.9 Å². The molecule has 116 valence electrons. The minimum atomic E-state index is -0.651. The number of hydrogen-bond donors (Lipinski definition) is 1. The molecule has 1 unspecified atom stereocenters. The van der Waals surface area contributed by atoms with E-state index in [0.717, 1.165) is 32.4 Å². The summed E-state index contributed by atoms with van der Waals surface area (Å²) in [4.78, 5) is 14.2. The molecule has 0 spiro atoms. The summed E-state index contributed by atoms with van der Waals surface area (Å²) < 4.78 is 27.4. The van der Waals surface area contributed by atoms with E-state index in [2.05, 4.69) is 5.32 Å². The molecule has 1 fully saturated rings. The Bertz CT molecular complexity index is 467. The lowest BCUT2D eigenvalue weighted by Gasteiger charge is -2.34. The third kappa shape index (κ3) is 4.00. The molecule has 21 heavy (non-hydrogen) atoms. The number of benzene rings is 1. The van der Waals surface area contributed by atoms with Crippen LogP contribution in [-0.4, -0.2) is 36.5 Å². The van der Waals surface area contributed by atoms with E-state index in [4.69, 9.17) is 0 Å². The molecule has 0 saturated carbocycles. The number of hydrogen-bond acceptors (Lipinski definition) is 2. The van der Waals surface area contributed by atoms with Gasteiger partial charge in [0.1, 0.15) is 11.6 Å². The summed E-state index contributed by atoms with van der Waals surface area (Å²) in [5.41, 5.74) is -0.132. The summed E-state index contributed by atoms with van der Waals surface area (Å²) in [7, 11) is 0. The maximum Gasteiger partial charge on any atom is 0.227 e. The molecule has 5 heteroatoms. The average Bonchev–Trinajstić information content (AvgIpc) is 2.49. The third-order valence-electron chi connectivity index (χ3n) is 3.89. The first-order valence-corrected chi connectivity index (χ1v) is 7.56. The molecule has 0 aromatic heterocycles. The van der Waals surface area contributed by atoms with Crippen LogP contribution in [0.1, 0.15) is 31.7 Å². The van der Waals surface area contributed by atoms with Crippen LogP contribution in [0.2, 0.25) is 0 Å². The lowest BCUT2D eigenvalue weighted by atomic mass is 10.0. The fourth-order valence-corrected chi connectivity index (χ4v) is 2.81. The smallest absolute Gasteiger partial charge is 0.227 e. The lowest BCUT2D eigenvalue weighted by Crippen LogP contribution is -2.49. The van der Waals surface area contributed by atoms with Crippen molar-refractivity contribution >= 4 is 5.91 Å². The van der Waals surface area contributed by atoms with Gasteiger partial charge in [-0.1, -0.05) is 13.0 Å². The highest BCUT2D eigenvalue weighted by Crippen LogP contribution is 2.17. The first-order valence-electron chi connectivity index (χ1n) is 7.56. The van der Waals surface area contributed by atoms with E-state index in [1.54, 1.807) is 4.90 Å². The van der Waals surface area contributed by atoms with Crippen molar-refractivity contribution in [2.75, 3.05) is 19.6 Å². The third-order valence-corrected chi connectivity index (χ3v) is 3.89. The molecule has 0 aliphatic carbocycles. The standard InChI is InChI=1S/C16H22F2N2O/c1-2-9-20(12-5-4-8-19-11-12)16(21)10-13-14(17)6-3-7-15(13)18/h3,6-7,12,19H,2,4-5,8-11H2,1H3. The zero-order valence-electron chi connectivity index (χ0n) is 12.4. The number of carbonyl (C=O) groups excluding carboxylic acids is 1. The van der Waals surface area contributed by atoms with E-state index < -0.39 is 11.6 Å². The summed E-state index contributed by atoms with van der Waals surface area (Å²) >= 11 is 0. The Morgan fingerprint density at radius 1 is 1.38 bits per heavy atom. The highest BCUT2D eigenvalue weighted by atomic mass is 19.1. The van der Waals surface area contributed by atoms with E-state index in [0.29, 0.717) is 6.54 Å². The van der Waals surface area contributed by atoms with Crippen molar-refractivity contribution in [2.45, 2.75) is 38.6 Å². The van der Waals surface area contributed by atoms with Crippen molar-refractivity contribution in [3.8, 4) is 0 Å². The molecule has 1 N–H and O–H groups in total. The topological polar surface area (TPSA) is 32.3 Å². The zero-order valence-corrected chi connectivity index (χ0v) is 12.4. The number of halogens is 2.